The first-order chi connectivity index (χ1) is 17.6. The number of rotatable bonds is 9. The Kier molecular flexibility index (Phi) is 7.02. The molecule has 1 aliphatic rings. The van der Waals surface area contributed by atoms with Crippen LogP contribution in [0.1, 0.15) is 37.8 Å². The van der Waals surface area contributed by atoms with Crippen LogP contribution in [0.4, 0.5) is 10.6 Å². The molecule has 36 heavy (non-hydrogen) atoms. The van der Waals surface area contributed by atoms with Gasteiger partial charge in [0.05, 0.1) is 5.39 Å². The highest BCUT2D eigenvalue weighted by Crippen LogP contribution is 2.44. The van der Waals surface area contributed by atoms with E-state index in [0.29, 0.717) is 37.5 Å². The number of carbonyl (C=O) groups excluding carboxylic acids is 1. The van der Waals surface area contributed by atoms with Gasteiger partial charge in [-0.15, -0.1) is 0 Å². The van der Waals surface area contributed by atoms with Crippen LogP contribution >= 0.6 is 0 Å². The fourth-order valence-electron chi connectivity index (χ4n) is 4.77. The normalized spacial score (nSPS) is 16.9. The highest BCUT2D eigenvalue weighted by molar-refractivity contribution is 6.01. The monoisotopic (exact) mass is 484 g/mol. The number of amides is 2. The predicted molar refractivity (Wildman–Crippen MR) is 142 cm³/mol. The number of benzene rings is 2. The first kappa shape index (κ1) is 23.7. The average molecular weight is 485 g/mol. The van der Waals surface area contributed by atoms with E-state index in [4.69, 9.17) is 10.5 Å². The molecule has 8 nitrogen and oxygen atoms in total. The Morgan fingerprint density at radius 1 is 1.06 bits per heavy atom. The van der Waals surface area contributed by atoms with E-state index in [-0.39, 0.29) is 6.03 Å². The van der Waals surface area contributed by atoms with Gasteiger partial charge in [0.2, 0.25) is 0 Å². The summed E-state index contributed by atoms with van der Waals surface area (Å²) >= 11 is 0. The lowest BCUT2D eigenvalue weighted by Crippen LogP contribution is -2.41. The van der Waals surface area contributed by atoms with Gasteiger partial charge in [-0.3, -0.25) is 0 Å². The summed E-state index contributed by atoms with van der Waals surface area (Å²) in [4.78, 5) is 20.8. The van der Waals surface area contributed by atoms with E-state index in [1.807, 2.05) is 49.4 Å². The van der Waals surface area contributed by atoms with Crippen molar-refractivity contribution in [2.24, 2.45) is 5.92 Å². The molecule has 1 saturated carbocycles. The number of ether oxygens (including phenoxy) is 1. The average Bonchev–Trinajstić information content (AvgIpc) is 3.26. The summed E-state index contributed by atoms with van der Waals surface area (Å²) in [5.41, 5.74) is 10.2. The Bertz CT molecular complexity index is 1330. The third kappa shape index (κ3) is 4.98. The van der Waals surface area contributed by atoms with Crippen LogP contribution in [0.5, 0.6) is 5.75 Å². The third-order valence-corrected chi connectivity index (χ3v) is 6.74. The summed E-state index contributed by atoms with van der Waals surface area (Å²) in [7, 11) is 0. The number of hydrogen-bond acceptors (Lipinski definition) is 5. The minimum Gasteiger partial charge on any atom is -0.488 e. The molecule has 186 valence electrons. The third-order valence-electron chi connectivity index (χ3n) is 6.74. The molecule has 2 heterocycles. The molecule has 8 heteroatoms. The van der Waals surface area contributed by atoms with Crippen LogP contribution in [0.3, 0.4) is 0 Å². The molecule has 4 aromatic rings. The first-order valence-electron chi connectivity index (χ1n) is 12.5. The molecule has 0 saturated heterocycles. The molecule has 2 aromatic carbocycles. The highest BCUT2D eigenvalue weighted by atomic mass is 16.5. The zero-order chi connectivity index (χ0) is 24.9. The molecule has 0 unspecified atom stereocenters. The van der Waals surface area contributed by atoms with Gasteiger partial charge in [-0.1, -0.05) is 55.5 Å². The molecular weight excluding hydrogens is 452 g/mol. The van der Waals surface area contributed by atoms with E-state index in [0.717, 1.165) is 52.7 Å². The van der Waals surface area contributed by atoms with Crippen LogP contribution in [-0.4, -0.2) is 33.7 Å². The zero-order valence-electron chi connectivity index (χ0n) is 20.5. The largest absolute Gasteiger partial charge is 0.488 e. The Morgan fingerprint density at radius 2 is 1.83 bits per heavy atom. The second kappa shape index (κ2) is 10.7. The van der Waals surface area contributed by atoms with Gasteiger partial charge < -0.3 is 25.7 Å². The van der Waals surface area contributed by atoms with Crippen molar-refractivity contribution in [1.29, 1.82) is 0 Å². The second-order valence-corrected chi connectivity index (χ2v) is 9.31. The van der Waals surface area contributed by atoms with Gasteiger partial charge >= 0.3 is 6.03 Å². The maximum Gasteiger partial charge on any atom is 0.314 e. The number of anilines is 1. The lowest BCUT2D eigenvalue weighted by molar-refractivity contribution is 0.192. The lowest BCUT2D eigenvalue weighted by atomic mass is 9.80. The summed E-state index contributed by atoms with van der Waals surface area (Å²) in [6.07, 6.45) is 6.50. The lowest BCUT2D eigenvalue weighted by Gasteiger charge is -2.36. The Hall–Kier alpha value is -4.07. The molecule has 0 spiro atoms. The van der Waals surface area contributed by atoms with Crippen LogP contribution in [0.2, 0.25) is 0 Å². The Labute approximate surface area is 210 Å². The number of carbonyl (C=O) groups is 1. The summed E-state index contributed by atoms with van der Waals surface area (Å²) in [5.74, 6) is 1.68. The molecule has 1 aliphatic carbocycles. The van der Waals surface area contributed by atoms with Gasteiger partial charge in [0.25, 0.3) is 0 Å². The Morgan fingerprint density at radius 3 is 2.64 bits per heavy atom. The second-order valence-electron chi connectivity index (χ2n) is 9.31. The van der Waals surface area contributed by atoms with E-state index < -0.39 is 0 Å². The van der Waals surface area contributed by atoms with E-state index >= 15 is 0 Å². The topological polar surface area (TPSA) is 107 Å². The molecular formula is C28H32N6O2. The number of nitrogens with two attached hydrogens (primary N) is 1. The van der Waals surface area contributed by atoms with Crippen molar-refractivity contribution in [2.45, 2.75) is 38.8 Å². The van der Waals surface area contributed by atoms with Crippen LogP contribution in [-0.2, 0) is 6.61 Å². The fourth-order valence-corrected chi connectivity index (χ4v) is 4.77. The summed E-state index contributed by atoms with van der Waals surface area (Å²) in [5, 5.41) is 6.68. The summed E-state index contributed by atoms with van der Waals surface area (Å²) in [6.45, 7) is 3.88. The van der Waals surface area contributed by atoms with Crippen molar-refractivity contribution in [3.63, 3.8) is 0 Å². The number of para-hydroxylation sites is 1. The molecule has 5 rings (SSSR count). The van der Waals surface area contributed by atoms with Gasteiger partial charge in [0.15, 0.2) is 0 Å². The minimum atomic E-state index is -0.0957. The molecule has 1 fully saturated rings. The van der Waals surface area contributed by atoms with Crippen molar-refractivity contribution in [1.82, 2.24) is 25.2 Å². The van der Waals surface area contributed by atoms with Crippen molar-refractivity contribution < 1.29 is 9.53 Å². The number of urea groups is 1. The molecule has 2 aromatic heterocycles. The maximum atomic E-state index is 11.9. The zero-order valence-corrected chi connectivity index (χ0v) is 20.5. The van der Waals surface area contributed by atoms with Gasteiger partial charge in [0, 0.05) is 36.5 Å². The first-order valence-corrected chi connectivity index (χ1v) is 12.5. The molecule has 0 aliphatic heterocycles. The number of aromatic nitrogens is 3. The number of nitrogens with one attached hydrogen (secondary N) is 2. The van der Waals surface area contributed by atoms with Crippen LogP contribution < -0.4 is 21.1 Å². The van der Waals surface area contributed by atoms with Crippen LogP contribution in [0, 0.1) is 5.92 Å². The highest BCUT2D eigenvalue weighted by Gasteiger charge is 2.33. The van der Waals surface area contributed by atoms with Crippen LogP contribution in [0.25, 0.3) is 22.2 Å². The smallest absolute Gasteiger partial charge is 0.314 e. The standard InChI is InChI=1S/C28H32N6O2/c1-2-12-30-28(35)31-15-20-13-21(14-20)34-16-23(25-26(29)32-18-33-27(25)34)22-10-6-7-11-24(22)36-17-19-8-4-3-5-9-19/h3-11,16,18,20-21H,2,12-15,17H2,1H3,(H2,29,32,33)(H2,30,31,35). The van der Waals surface area contributed by atoms with E-state index in [1.54, 1.807) is 0 Å². The van der Waals surface area contributed by atoms with Gasteiger partial charge in [-0.05, 0) is 36.8 Å². The molecule has 0 atom stereocenters. The summed E-state index contributed by atoms with van der Waals surface area (Å²) in [6, 6.07) is 18.3. The van der Waals surface area contributed by atoms with E-state index in [9.17, 15) is 4.79 Å². The number of nitrogens with zero attached hydrogens (tertiary/aromatic N) is 3. The van der Waals surface area contributed by atoms with Gasteiger partial charge in [-0.2, -0.15) is 0 Å². The SMILES string of the molecule is CCCNC(=O)NCC1CC(n2cc(-c3ccccc3OCc3ccccc3)c3c(N)ncnc32)C1. The number of nitrogen functional groups attached to an aromatic ring is 1. The maximum absolute atomic E-state index is 11.9. The molecule has 2 amide bonds. The van der Waals surface area contributed by atoms with Gasteiger partial charge in [0.1, 0.15) is 30.1 Å². The summed E-state index contributed by atoms with van der Waals surface area (Å²) < 4.78 is 8.45. The Balaban J connectivity index is 1.37. The number of fused-ring (bicyclic) bond motifs is 1. The van der Waals surface area contributed by atoms with Gasteiger partial charge in [-0.25, -0.2) is 14.8 Å². The van der Waals surface area contributed by atoms with Crippen molar-refractivity contribution in [3.05, 3.63) is 72.7 Å². The van der Waals surface area contributed by atoms with Crippen LogP contribution in [0.15, 0.2) is 67.1 Å². The van der Waals surface area contributed by atoms with Crippen molar-refractivity contribution >= 4 is 22.9 Å². The van der Waals surface area contributed by atoms with E-state index in [1.165, 1.54) is 6.33 Å². The molecule has 0 radical (unpaired) electrons. The molecule has 4 N–H and O–H groups in total. The fraction of sp³-hybridized carbons (Fsp3) is 0.321. The van der Waals surface area contributed by atoms with Crippen molar-refractivity contribution in [2.75, 3.05) is 18.8 Å². The predicted octanol–water partition coefficient (Wildman–Crippen LogP) is 4.92. The minimum absolute atomic E-state index is 0.0957. The quantitative estimate of drug-likeness (QED) is 0.313. The number of hydrogen-bond donors (Lipinski definition) is 3. The van der Waals surface area contributed by atoms with E-state index in [2.05, 4.69) is 43.5 Å². The van der Waals surface area contributed by atoms with Crippen molar-refractivity contribution in [3.8, 4) is 16.9 Å². The molecule has 0 bridgehead atoms.